The number of hydrogen-bond donors (Lipinski definition) is 0. The fourth-order valence-electron chi connectivity index (χ4n) is 0.818. The third kappa shape index (κ3) is 5.25. The van der Waals surface area contributed by atoms with Crippen molar-refractivity contribution in [1.29, 1.82) is 0 Å². The summed E-state index contributed by atoms with van der Waals surface area (Å²) in [5, 5.41) is -2.07. The van der Waals surface area contributed by atoms with Gasteiger partial charge >= 0.3 is 0 Å². The van der Waals surface area contributed by atoms with E-state index in [0.717, 1.165) is 0 Å². The number of halogens is 4. The Kier molecular flexibility index (Phi) is 6.48. The van der Waals surface area contributed by atoms with Gasteiger partial charge in [0.15, 0.2) is 4.33 Å². The van der Waals surface area contributed by atoms with Gasteiger partial charge in [0, 0.05) is 6.42 Å². The van der Waals surface area contributed by atoms with Gasteiger partial charge in [-0.05, 0) is 36.0 Å². The van der Waals surface area contributed by atoms with Crippen LogP contribution in [0.3, 0.4) is 0 Å². The molecule has 0 spiro atoms. The minimum absolute atomic E-state index is 0.0426. The van der Waals surface area contributed by atoms with Crippen LogP contribution in [-0.4, -0.2) is 26.4 Å². The number of carbonyl (C=O) groups excluding carboxylic acids is 4. The molecule has 4 nitrogen and oxygen atoms in total. The molecule has 0 N–H and O–H groups in total. The molecule has 0 amide bonds. The van der Waals surface area contributed by atoms with Crippen LogP contribution in [0.15, 0.2) is 0 Å². The van der Waals surface area contributed by atoms with Crippen molar-refractivity contribution < 1.29 is 19.2 Å². The maximum absolute atomic E-state index is 11.2. The highest BCUT2D eigenvalue weighted by molar-refractivity contribution is 6.92. The van der Waals surface area contributed by atoms with E-state index in [-0.39, 0.29) is 19.3 Å². The van der Waals surface area contributed by atoms with Crippen LogP contribution >= 0.6 is 46.4 Å². The van der Waals surface area contributed by atoms with Gasteiger partial charge in [-0.2, -0.15) is 0 Å². The maximum Gasteiger partial charge on any atom is 0.296 e. The SMILES string of the molecule is O=C(Cl)CCCC(Cl)(Cl)C(=O)C(=O)C(=O)Cl. The summed E-state index contributed by atoms with van der Waals surface area (Å²) >= 11 is 20.9. The quantitative estimate of drug-likeness (QED) is 0.312. The van der Waals surface area contributed by atoms with E-state index in [9.17, 15) is 19.2 Å². The van der Waals surface area contributed by atoms with E-state index in [4.69, 9.17) is 46.4 Å². The van der Waals surface area contributed by atoms with Crippen LogP contribution in [0.2, 0.25) is 0 Å². The summed E-state index contributed by atoms with van der Waals surface area (Å²) < 4.78 is -2.06. The lowest BCUT2D eigenvalue weighted by atomic mass is 10.1. The van der Waals surface area contributed by atoms with Gasteiger partial charge in [-0.15, -0.1) is 0 Å². The zero-order valence-electron chi connectivity index (χ0n) is 7.77. The number of ketones is 2. The molecule has 0 aliphatic heterocycles. The second-order valence-corrected chi connectivity index (χ2v) is 5.09. The Morgan fingerprint density at radius 2 is 1.50 bits per heavy atom. The molecule has 0 radical (unpaired) electrons. The number of carbonyl (C=O) groups is 4. The molecule has 90 valence electrons. The summed E-state index contributed by atoms with van der Waals surface area (Å²) in [6.45, 7) is 0. The molecule has 0 rings (SSSR count). The molecule has 0 saturated heterocycles. The van der Waals surface area contributed by atoms with E-state index in [1.807, 2.05) is 0 Å². The number of hydrogen-bond acceptors (Lipinski definition) is 4. The lowest BCUT2D eigenvalue weighted by Gasteiger charge is -2.15. The molecule has 0 unspecified atom stereocenters. The highest BCUT2D eigenvalue weighted by atomic mass is 35.5. The molecule has 0 aromatic rings. The van der Waals surface area contributed by atoms with Crippen molar-refractivity contribution in [2.45, 2.75) is 23.6 Å². The molecule has 0 saturated carbocycles. The summed E-state index contributed by atoms with van der Waals surface area (Å²) in [5.74, 6) is -2.79. The Balaban J connectivity index is 4.42. The van der Waals surface area contributed by atoms with Crippen LogP contribution in [0, 0.1) is 0 Å². The van der Waals surface area contributed by atoms with Crippen molar-refractivity contribution in [2.24, 2.45) is 0 Å². The van der Waals surface area contributed by atoms with E-state index in [0.29, 0.717) is 0 Å². The summed E-state index contributed by atoms with van der Waals surface area (Å²) in [4.78, 5) is 42.9. The van der Waals surface area contributed by atoms with Crippen molar-refractivity contribution >= 4 is 68.5 Å². The minimum atomic E-state index is -2.06. The van der Waals surface area contributed by atoms with Gasteiger partial charge in [-0.1, -0.05) is 23.2 Å². The van der Waals surface area contributed by atoms with Crippen LogP contribution < -0.4 is 0 Å². The van der Waals surface area contributed by atoms with Gasteiger partial charge in [0.05, 0.1) is 0 Å². The lowest BCUT2D eigenvalue weighted by Crippen LogP contribution is -2.35. The Labute approximate surface area is 111 Å². The highest BCUT2D eigenvalue weighted by Gasteiger charge is 2.40. The normalized spacial score (nSPS) is 11.0. The lowest BCUT2D eigenvalue weighted by molar-refractivity contribution is -0.141. The van der Waals surface area contributed by atoms with Crippen molar-refractivity contribution in [1.82, 2.24) is 0 Å². The summed E-state index contributed by atoms with van der Waals surface area (Å²) in [6.07, 6.45) is -0.104. The van der Waals surface area contributed by atoms with E-state index in [1.54, 1.807) is 0 Å². The highest BCUT2D eigenvalue weighted by Crippen LogP contribution is 2.29. The Bertz CT molecular complexity index is 337. The van der Waals surface area contributed by atoms with Crippen molar-refractivity contribution in [2.75, 3.05) is 0 Å². The molecule has 0 fully saturated rings. The first-order chi connectivity index (χ1) is 7.18. The molecule has 0 aliphatic carbocycles. The van der Waals surface area contributed by atoms with Crippen LogP contribution in [0.5, 0.6) is 0 Å². The van der Waals surface area contributed by atoms with E-state index < -0.39 is 26.4 Å². The first kappa shape index (κ1) is 15.8. The third-order valence-electron chi connectivity index (χ3n) is 1.58. The van der Waals surface area contributed by atoms with Gasteiger partial charge in [0.25, 0.3) is 11.0 Å². The van der Waals surface area contributed by atoms with Crippen molar-refractivity contribution in [3.8, 4) is 0 Å². The van der Waals surface area contributed by atoms with Crippen LogP contribution in [0.25, 0.3) is 0 Å². The van der Waals surface area contributed by atoms with Crippen LogP contribution in [-0.2, 0) is 19.2 Å². The average molecular weight is 308 g/mol. The maximum atomic E-state index is 11.2. The summed E-state index contributed by atoms with van der Waals surface area (Å²) in [5.41, 5.74) is 0. The zero-order valence-corrected chi connectivity index (χ0v) is 10.8. The first-order valence-corrected chi connectivity index (χ1v) is 5.54. The fraction of sp³-hybridized carbons (Fsp3) is 0.500. The van der Waals surface area contributed by atoms with Crippen LogP contribution in [0.1, 0.15) is 19.3 Å². The van der Waals surface area contributed by atoms with Crippen molar-refractivity contribution in [3.05, 3.63) is 0 Å². The number of rotatable bonds is 7. The molecule has 0 atom stereocenters. The van der Waals surface area contributed by atoms with Gasteiger partial charge in [-0.3, -0.25) is 19.2 Å². The van der Waals surface area contributed by atoms with Crippen molar-refractivity contribution in [3.63, 3.8) is 0 Å². The predicted octanol–water partition coefficient (Wildman–Crippen LogP) is 2.00. The van der Waals surface area contributed by atoms with Gasteiger partial charge in [0.2, 0.25) is 11.0 Å². The molecule has 16 heavy (non-hydrogen) atoms. The predicted molar refractivity (Wildman–Crippen MR) is 60.0 cm³/mol. The fourth-order valence-corrected chi connectivity index (χ4v) is 1.48. The molecule has 8 heteroatoms. The van der Waals surface area contributed by atoms with Gasteiger partial charge in [-0.25, -0.2) is 0 Å². The van der Waals surface area contributed by atoms with E-state index in [2.05, 4.69) is 0 Å². The van der Waals surface area contributed by atoms with E-state index in [1.165, 1.54) is 0 Å². The minimum Gasteiger partial charge on any atom is -0.287 e. The Morgan fingerprint density at radius 3 is 1.88 bits per heavy atom. The first-order valence-electron chi connectivity index (χ1n) is 4.03. The second kappa shape index (κ2) is 6.55. The zero-order chi connectivity index (χ0) is 12.9. The third-order valence-corrected chi connectivity index (χ3v) is 2.66. The topological polar surface area (TPSA) is 68.3 Å². The largest absolute Gasteiger partial charge is 0.296 e. The molecule has 0 aromatic heterocycles. The molecular weight excluding hydrogens is 302 g/mol. The Morgan fingerprint density at radius 1 is 1.00 bits per heavy atom. The molecule has 0 heterocycles. The molecule has 0 aromatic carbocycles. The number of Topliss-reactive ketones (excluding diaryl/α,β-unsaturated/α-hetero) is 2. The smallest absolute Gasteiger partial charge is 0.287 e. The van der Waals surface area contributed by atoms with Gasteiger partial charge < -0.3 is 0 Å². The molecule has 0 bridgehead atoms. The summed E-state index contributed by atoms with van der Waals surface area (Å²) in [6, 6.07) is 0. The Hall–Kier alpha value is -0.160. The van der Waals surface area contributed by atoms with Gasteiger partial charge in [0.1, 0.15) is 0 Å². The standard InChI is InChI=1S/C8H6Cl4O4/c9-4(13)2-1-3-8(11,12)6(15)5(14)7(10)16/h1-3H2. The molecule has 0 aliphatic rings. The summed E-state index contributed by atoms with van der Waals surface area (Å²) in [7, 11) is 0. The monoisotopic (exact) mass is 306 g/mol. The average Bonchev–Trinajstić information content (AvgIpc) is 2.14. The van der Waals surface area contributed by atoms with E-state index >= 15 is 0 Å². The second-order valence-electron chi connectivity index (χ2n) is 2.85. The molecular formula is C8H6Cl4O4. The number of alkyl halides is 2. The van der Waals surface area contributed by atoms with Crippen LogP contribution in [0.4, 0.5) is 0 Å².